The molecular weight excluding hydrogens is 259 g/mol. The van der Waals surface area contributed by atoms with Crippen molar-refractivity contribution in [3.63, 3.8) is 0 Å². The van der Waals surface area contributed by atoms with Crippen molar-refractivity contribution in [3.05, 3.63) is 29.6 Å². The fourth-order valence-corrected chi connectivity index (χ4v) is 2.83. The van der Waals surface area contributed by atoms with Gasteiger partial charge in [0.25, 0.3) is 0 Å². The Morgan fingerprint density at radius 2 is 2.25 bits per heavy atom. The molecule has 1 saturated heterocycles. The van der Waals surface area contributed by atoms with Crippen molar-refractivity contribution in [2.45, 2.75) is 25.0 Å². The van der Waals surface area contributed by atoms with Gasteiger partial charge in [-0.25, -0.2) is 4.39 Å². The van der Waals surface area contributed by atoms with E-state index in [1.54, 1.807) is 13.2 Å². The number of hydrogen-bond acceptors (Lipinski definition) is 4. The second-order valence-corrected chi connectivity index (χ2v) is 5.14. The van der Waals surface area contributed by atoms with Crippen LogP contribution in [0.25, 0.3) is 0 Å². The molecule has 1 fully saturated rings. The van der Waals surface area contributed by atoms with Crippen LogP contribution in [-0.4, -0.2) is 44.9 Å². The van der Waals surface area contributed by atoms with E-state index >= 15 is 0 Å². The van der Waals surface area contributed by atoms with Crippen LogP contribution < -0.4 is 10.5 Å². The zero-order valence-electron chi connectivity index (χ0n) is 12.1. The summed E-state index contributed by atoms with van der Waals surface area (Å²) in [5.74, 6) is -0.0818. The maximum Gasteiger partial charge on any atom is 0.165 e. The lowest BCUT2D eigenvalue weighted by atomic mass is 10.00. The van der Waals surface area contributed by atoms with Crippen LogP contribution in [0.3, 0.4) is 0 Å². The minimum atomic E-state index is -0.344. The molecule has 112 valence electrons. The van der Waals surface area contributed by atoms with Crippen LogP contribution in [0.5, 0.6) is 5.75 Å². The number of likely N-dealkylation sites (tertiary alicyclic amines) is 1. The van der Waals surface area contributed by atoms with Crippen molar-refractivity contribution in [1.82, 2.24) is 4.90 Å². The lowest BCUT2D eigenvalue weighted by molar-refractivity contribution is 0.0154. The summed E-state index contributed by atoms with van der Waals surface area (Å²) in [6.07, 6.45) is 2.38. The standard InChI is InChI=1S/C15H23FN2O2/c1-19-12-4-3-7-18(10-12)14(9-17)11-5-6-15(20-2)13(16)8-11/h5-6,8,12,14H,3-4,7,9-10,17H2,1-2H3. The van der Waals surface area contributed by atoms with Crippen LogP contribution in [0.4, 0.5) is 4.39 Å². The summed E-state index contributed by atoms with van der Waals surface area (Å²) in [6.45, 7) is 2.27. The molecule has 2 unspecified atom stereocenters. The Labute approximate surface area is 119 Å². The van der Waals surface area contributed by atoms with Gasteiger partial charge in [0.2, 0.25) is 0 Å². The molecule has 0 spiro atoms. The van der Waals surface area contributed by atoms with Crippen LogP contribution in [0.2, 0.25) is 0 Å². The molecule has 2 rings (SSSR count). The molecule has 1 aliphatic rings. The first-order valence-electron chi connectivity index (χ1n) is 7.00. The van der Waals surface area contributed by atoms with E-state index in [-0.39, 0.29) is 23.7 Å². The lowest BCUT2D eigenvalue weighted by Crippen LogP contribution is -2.43. The van der Waals surface area contributed by atoms with Gasteiger partial charge in [-0.2, -0.15) is 0 Å². The number of methoxy groups -OCH3 is 2. The predicted molar refractivity (Wildman–Crippen MR) is 76.4 cm³/mol. The Bertz CT molecular complexity index is 442. The monoisotopic (exact) mass is 282 g/mol. The number of piperidine rings is 1. The molecule has 0 aliphatic carbocycles. The number of benzene rings is 1. The van der Waals surface area contributed by atoms with E-state index in [9.17, 15) is 4.39 Å². The van der Waals surface area contributed by atoms with Crippen LogP contribution in [-0.2, 0) is 4.74 Å². The van der Waals surface area contributed by atoms with E-state index in [2.05, 4.69) is 4.90 Å². The zero-order chi connectivity index (χ0) is 14.5. The van der Waals surface area contributed by atoms with Crippen LogP contribution in [0.15, 0.2) is 18.2 Å². The molecule has 5 heteroatoms. The highest BCUT2D eigenvalue weighted by Gasteiger charge is 2.26. The SMILES string of the molecule is COc1ccc(C(CN)N2CCCC(OC)C2)cc1F. The lowest BCUT2D eigenvalue weighted by Gasteiger charge is -2.37. The maximum atomic E-state index is 13.8. The highest BCUT2D eigenvalue weighted by molar-refractivity contribution is 5.31. The summed E-state index contributed by atoms with van der Waals surface area (Å²) in [6, 6.07) is 5.08. The first-order valence-corrected chi connectivity index (χ1v) is 7.00. The summed E-state index contributed by atoms with van der Waals surface area (Å²) in [5, 5.41) is 0. The van der Waals surface area contributed by atoms with Crippen molar-refractivity contribution in [3.8, 4) is 5.75 Å². The number of ether oxygens (including phenoxy) is 2. The van der Waals surface area contributed by atoms with Crippen molar-refractivity contribution in [1.29, 1.82) is 0 Å². The topological polar surface area (TPSA) is 47.7 Å². The van der Waals surface area contributed by atoms with Crippen molar-refractivity contribution >= 4 is 0 Å². The molecular formula is C15H23FN2O2. The molecule has 4 nitrogen and oxygen atoms in total. The predicted octanol–water partition coefficient (Wildman–Crippen LogP) is 1.94. The third kappa shape index (κ3) is 3.29. The van der Waals surface area contributed by atoms with Crippen molar-refractivity contribution in [2.24, 2.45) is 5.73 Å². The van der Waals surface area contributed by atoms with Gasteiger partial charge in [0.05, 0.1) is 13.2 Å². The van der Waals surface area contributed by atoms with Gasteiger partial charge < -0.3 is 15.2 Å². The maximum absolute atomic E-state index is 13.8. The Balaban J connectivity index is 2.16. The van der Waals surface area contributed by atoms with E-state index < -0.39 is 0 Å². The first kappa shape index (κ1) is 15.2. The Morgan fingerprint density at radius 3 is 2.85 bits per heavy atom. The third-order valence-electron chi connectivity index (χ3n) is 3.97. The molecule has 20 heavy (non-hydrogen) atoms. The van der Waals surface area contributed by atoms with Gasteiger partial charge in [-0.05, 0) is 37.1 Å². The number of hydrogen-bond donors (Lipinski definition) is 1. The Morgan fingerprint density at radius 1 is 1.45 bits per heavy atom. The quantitative estimate of drug-likeness (QED) is 0.896. The van der Waals surface area contributed by atoms with E-state index in [1.165, 1.54) is 13.2 Å². The van der Waals surface area contributed by atoms with Crippen LogP contribution in [0.1, 0.15) is 24.4 Å². The molecule has 1 aliphatic heterocycles. The smallest absolute Gasteiger partial charge is 0.165 e. The van der Waals surface area contributed by atoms with Gasteiger partial charge in [0.1, 0.15) is 0 Å². The second-order valence-electron chi connectivity index (χ2n) is 5.14. The average molecular weight is 282 g/mol. The van der Waals surface area contributed by atoms with Gasteiger partial charge >= 0.3 is 0 Å². The normalized spacial score (nSPS) is 21.7. The Hall–Kier alpha value is -1.17. The molecule has 1 heterocycles. The van der Waals surface area contributed by atoms with E-state index in [1.807, 2.05) is 6.07 Å². The summed E-state index contributed by atoms with van der Waals surface area (Å²) < 4.78 is 24.2. The number of nitrogens with zero attached hydrogens (tertiary/aromatic N) is 1. The molecule has 0 aromatic heterocycles. The second kappa shape index (κ2) is 7.02. The largest absolute Gasteiger partial charge is 0.494 e. The fraction of sp³-hybridized carbons (Fsp3) is 0.600. The van der Waals surface area contributed by atoms with E-state index in [0.29, 0.717) is 6.54 Å². The van der Waals surface area contributed by atoms with E-state index in [4.69, 9.17) is 15.2 Å². The Kier molecular flexibility index (Phi) is 5.34. The molecule has 0 radical (unpaired) electrons. The van der Waals surface area contributed by atoms with Gasteiger partial charge in [-0.1, -0.05) is 6.07 Å². The molecule has 1 aromatic carbocycles. The third-order valence-corrected chi connectivity index (χ3v) is 3.97. The molecule has 1 aromatic rings. The molecule has 2 atom stereocenters. The number of rotatable bonds is 5. The van der Waals surface area contributed by atoms with Gasteiger partial charge in [0, 0.05) is 26.2 Å². The zero-order valence-corrected chi connectivity index (χ0v) is 12.1. The van der Waals surface area contributed by atoms with E-state index in [0.717, 1.165) is 31.5 Å². The van der Waals surface area contributed by atoms with Crippen LogP contribution >= 0.6 is 0 Å². The average Bonchev–Trinajstić information content (AvgIpc) is 2.48. The summed E-state index contributed by atoms with van der Waals surface area (Å²) >= 11 is 0. The molecule has 0 bridgehead atoms. The summed E-state index contributed by atoms with van der Waals surface area (Å²) in [4.78, 5) is 2.28. The van der Waals surface area contributed by atoms with Gasteiger partial charge in [-0.15, -0.1) is 0 Å². The first-order chi connectivity index (χ1) is 9.69. The van der Waals surface area contributed by atoms with Crippen molar-refractivity contribution < 1.29 is 13.9 Å². The fourth-order valence-electron chi connectivity index (χ4n) is 2.83. The summed E-state index contributed by atoms with van der Waals surface area (Å²) in [5.41, 5.74) is 6.80. The van der Waals surface area contributed by atoms with Gasteiger partial charge in [-0.3, -0.25) is 4.90 Å². The number of nitrogens with two attached hydrogens (primary N) is 1. The molecule has 0 saturated carbocycles. The molecule has 0 amide bonds. The minimum absolute atomic E-state index is 0.0216. The van der Waals surface area contributed by atoms with Crippen LogP contribution in [0, 0.1) is 5.82 Å². The highest BCUT2D eigenvalue weighted by atomic mass is 19.1. The molecule has 2 N–H and O–H groups in total. The van der Waals surface area contributed by atoms with Gasteiger partial charge in [0.15, 0.2) is 11.6 Å². The summed E-state index contributed by atoms with van der Waals surface area (Å²) in [7, 11) is 3.20. The van der Waals surface area contributed by atoms with Crippen molar-refractivity contribution in [2.75, 3.05) is 33.9 Å². The number of halogens is 1. The highest BCUT2D eigenvalue weighted by Crippen LogP contribution is 2.27. The minimum Gasteiger partial charge on any atom is -0.494 e.